The molecule has 0 aliphatic carbocycles. The van der Waals surface area contributed by atoms with Crippen molar-refractivity contribution in [3.63, 3.8) is 0 Å². The molecule has 0 atom stereocenters. The Kier molecular flexibility index (Phi) is 3.99. The van der Waals surface area contributed by atoms with Crippen molar-refractivity contribution in [1.29, 1.82) is 0 Å². The number of aromatic hydroxyl groups is 1. The van der Waals surface area contributed by atoms with Gasteiger partial charge in [-0.2, -0.15) is 4.98 Å². The van der Waals surface area contributed by atoms with Gasteiger partial charge in [0.05, 0.1) is 4.92 Å². The molecule has 1 heterocycles. The minimum Gasteiger partial charge on any atom is -0.508 e. The Bertz CT molecular complexity index is 646. The number of anilines is 1. The predicted octanol–water partition coefficient (Wildman–Crippen LogP) is 2.66. The van der Waals surface area contributed by atoms with Gasteiger partial charge in [-0.05, 0) is 36.2 Å². The van der Waals surface area contributed by atoms with E-state index < -0.39 is 4.92 Å². The molecule has 1 aromatic carbocycles. The van der Waals surface area contributed by atoms with Crippen molar-refractivity contribution in [2.24, 2.45) is 0 Å². The smallest absolute Gasteiger partial charge is 0.332 e. The molecular formula is C12H11ClN4O3. The molecule has 1 aromatic heterocycles. The van der Waals surface area contributed by atoms with Gasteiger partial charge >= 0.3 is 5.69 Å². The first kappa shape index (κ1) is 14.0. The van der Waals surface area contributed by atoms with Crippen LogP contribution in [0.25, 0.3) is 0 Å². The summed E-state index contributed by atoms with van der Waals surface area (Å²) in [7, 11) is 0. The zero-order valence-electron chi connectivity index (χ0n) is 10.5. The number of aromatic nitrogens is 2. The fourth-order valence-corrected chi connectivity index (χ4v) is 1.89. The number of aryl methyl sites for hydroxylation is 1. The lowest BCUT2D eigenvalue weighted by Gasteiger charge is -2.08. The van der Waals surface area contributed by atoms with Gasteiger partial charge in [-0.15, -0.1) is 0 Å². The second kappa shape index (κ2) is 5.70. The zero-order chi connectivity index (χ0) is 14.7. The van der Waals surface area contributed by atoms with E-state index in [1.807, 2.05) is 0 Å². The number of nitrogens with one attached hydrogen (secondary N) is 1. The van der Waals surface area contributed by atoms with Crippen LogP contribution in [0.2, 0.25) is 5.28 Å². The molecule has 0 spiro atoms. The van der Waals surface area contributed by atoms with E-state index in [-0.39, 0.29) is 28.2 Å². The third kappa shape index (κ3) is 3.12. The number of nitrogens with zero attached hydrogens (tertiary/aromatic N) is 3. The summed E-state index contributed by atoms with van der Waals surface area (Å²) in [4.78, 5) is 18.1. The van der Waals surface area contributed by atoms with Crippen molar-refractivity contribution in [3.05, 3.63) is 50.9 Å². The Morgan fingerprint density at radius 1 is 1.35 bits per heavy atom. The molecule has 0 bridgehead atoms. The third-order valence-corrected chi connectivity index (χ3v) is 2.78. The number of rotatable bonds is 4. The quantitative estimate of drug-likeness (QED) is 0.511. The van der Waals surface area contributed by atoms with Gasteiger partial charge in [0.25, 0.3) is 0 Å². The molecule has 2 N–H and O–H groups in total. The van der Waals surface area contributed by atoms with Crippen LogP contribution >= 0.6 is 11.6 Å². The second-order valence-corrected chi connectivity index (χ2v) is 4.39. The zero-order valence-corrected chi connectivity index (χ0v) is 11.3. The van der Waals surface area contributed by atoms with Crippen LogP contribution in [0, 0.1) is 17.0 Å². The number of hydrogen-bond donors (Lipinski definition) is 2. The van der Waals surface area contributed by atoms with Gasteiger partial charge in [-0.25, -0.2) is 4.98 Å². The van der Waals surface area contributed by atoms with Gasteiger partial charge < -0.3 is 10.4 Å². The van der Waals surface area contributed by atoms with E-state index in [4.69, 9.17) is 11.6 Å². The van der Waals surface area contributed by atoms with Crippen molar-refractivity contribution in [1.82, 2.24) is 9.97 Å². The van der Waals surface area contributed by atoms with Crippen LogP contribution < -0.4 is 5.32 Å². The molecule has 20 heavy (non-hydrogen) atoms. The molecule has 0 saturated heterocycles. The minimum absolute atomic E-state index is 0.0543. The first-order valence-corrected chi connectivity index (χ1v) is 6.05. The molecule has 0 unspecified atom stereocenters. The highest BCUT2D eigenvalue weighted by Gasteiger charge is 2.21. The standard InChI is InChI=1S/C12H11ClN4O3/c1-7-10(17(19)20)11(16-12(13)15-7)14-6-8-2-4-9(18)5-3-8/h2-5,18H,6H2,1H3,(H,14,15,16). The molecule has 7 nitrogen and oxygen atoms in total. The molecule has 2 aromatic rings. The molecule has 0 amide bonds. The summed E-state index contributed by atoms with van der Waals surface area (Å²) in [6.07, 6.45) is 0. The summed E-state index contributed by atoms with van der Waals surface area (Å²) in [5.41, 5.74) is 0.834. The molecule has 8 heteroatoms. The fourth-order valence-electron chi connectivity index (χ4n) is 1.67. The summed E-state index contributed by atoms with van der Waals surface area (Å²) >= 11 is 5.71. The summed E-state index contributed by atoms with van der Waals surface area (Å²) in [5, 5.41) is 23.0. The monoisotopic (exact) mass is 294 g/mol. The molecular weight excluding hydrogens is 284 g/mol. The van der Waals surface area contributed by atoms with Crippen LogP contribution in [0.15, 0.2) is 24.3 Å². The molecule has 104 valence electrons. The molecule has 0 aliphatic heterocycles. The maximum Gasteiger partial charge on any atom is 0.332 e. The van der Waals surface area contributed by atoms with Crippen molar-refractivity contribution in [2.45, 2.75) is 13.5 Å². The van der Waals surface area contributed by atoms with Gasteiger partial charge in [0.2, 0.25) is 11.1 Å². The average Bonchev–Trinajstić information content (AvgIpc) is 2.36. The van der Waals surface area contributed by atoms with E-state index in [9.17, 15) is 15.2 Å². The normalized spacial score (nSPS) is 10.3. The Balaban J connectivity index is 2.24. The lowest BCUT2D eigenvalue weighted by molar-refractivity contribution is -0.385. The van der Waals surface area contributed by atoms with Crippen LogP contribution in [-0.4, -0.2) is 20.0 Å². The number of phenolic OH excluding ortho intramolecular Hbond substituents is 1. The summed E-state index contributed by atoms with van der Waals surface area (Å²) in [5.74, 6) is 0.223. The SMILES string of the molecule is Cc1nc(Cl)nc(NCc2ccc(O)cc2)c1[N+](=O)[O-]. The van der Waals surface area contributed by atoms with Gasteiger partial charge in [0.1, 0.15) is 11.4 Å². The van der Waals surface area contributed by atoms with Gasteiger partial charge in [0.15, 0.2) is 0 Å². The number of hydrogen-bond acceptors (Lipinski definition) is 6. The highest BCUT2D eigenvalue weighted by molar-refractivity contribution is 6.28. The average molecular weight is 295 g/mol. The number of benzene rings is 1. The van der Waals surface area contributed by atoms with Crippen LogP contribution in [0.5, 0.6) is 5.75 Å². The van der Waals surface area contributed by atoms with E-state index in [2.05, 4.69) is 15.3 Å². The third-order valence-electron chi connectivity index (χ3n) is 2.61. The lowest BCUT2D eigenvalue weighted by Crippen LogP contribution is -2.07. The molecule has 0 radical (unpaired) electrons. The summed E-state index contributed by atoms with van der Waals surface area (Å²) in [6.45, 7) is 1.81. The molecule has 0 saturated carbocycles. The largest absolute Gasteiger partial charge is 0.508 e. The predicted molar refractivity (Wildman–Crippen MR) is 73.9 cm³/mol. The highest BCUT2D eigenvalue weighted by atomic mass is 35.5. The maximum atomic E-state index is 11.0. The molecule has 0 fully saturated rings. The Morgan fingerprint density at radius 3 is 2.60 bits per heavy atom. The van der Waals surface area contributed by atoms with Crippen molar-refractivity contribution in [3.8, 4) is 5.75 Å². The van der Waals surface area contributed by atoms with Crippen molar-refractivity contribution >= 4 is 23.1 Å². The van der Waals surface area contributed by atoms with Gasteiger partial charge in [-0.3, -0.25) is 10.1 Å². The fraction of sp³-hybridized carbons (Fsp3) is 0.167. The molecule has 2 rings (SSSR count). The van der Waals surface area contributed by atoms with Crippen LogP contribution in [0.4, 0.5) is 11.5 Å². The summed E-state index contributed by atoms with van der Waals surface area (Å²) in [6, 6.07) is 6.46. The Morgan fingerprint density at radius 2 is 2.00 bits per heavy atom. The number of phenols is 1. The van der Waals surface area contributed by atoms with Crippen LogP contribution in [0.1, 0.15) is 11.3 Å². The van der Waals surface area contributed by atoms with Crippen molar-refractivity contribution < 1.29 is 10.0 Å². The first-order chi connectivity index (χ1) is 9.47. The minimum atomic E-state index is -0.551. The lowest BCUT2D eigenvalue weighted by atomic mass is 10.2. The Hall–Kier alpha value is -2.41. The summed E-state index contributed by atoms with van der Waals surface area (Å²) < 4.78 is 0. The van der Waals surface area contributed by atoms with E-state index in [1.165, 1.54) is 19.1 Å². The van der Waals surface area contributed by atoms with E-state index in [0.29, 0.717) is 6.54 Å². The highest BCUT2D eigenvalue weighted by Crippen LogP contribution is 2.26. The van der Waals surface area contributed by atoms with Gasteiger partial charge in [0, 0.05) is 6.54 Å². The first-order valence-electron chi connectivity index (χ1n) is 5.67. The number of halogens is 1. The van der Waals surface area contributed by atoms with E-state index in [0.717, 1.165) is 5.56 Å². The Labute approximate surface area is 119 Å². The van der Waals surface area contributed by atoms with Crippen molar-refractivity contribution in [2.75, 3.05) is 5.32 Å². The van der Waals surface area contributed by atoms with E-state index >= 15 is 0 Å². The van der Waals surface area contributed by atoms with Crippen LogP contribution in [-0.2, 0) is 6.54 Å². The van der Waals surface area contributed by atoms with Gasteiger partial charge in [-0.1, -0.05) is 12.1 Å². The topological polar surface area (TPSA) is 101 Å². The maximum absolute atomic E-state index is 11.0. The molecule has 0 aliphatic rings. The van der Waals surface area contributed by atoms with Crippen LogP contribution in [0.3, 0.4) is 0 Å². The number of nitro groups is 1. The van der Waals surface area contributed by atoms with E-state index in [1.54, 1.807) is 12.1 Å². The second-order valence-electron chi connectivity index (χ2n) is 4.05.